The molecular formula is C14H20N2OS3. The van der Waals surface area contributed by atoms with Gasteiger partial charge in [0.1, 0.15) is 0 Å². The smallest absolute Gasteiger partial charge is 0.224 e. The molecule has 0 unspecified atom stereocenters. The first-order valence-corrected chi connectivity index (χ1v) is 9.12. The van der Waals surface area contributed by atoms with Gasteiger partial charge in [0.15, 0.2) is 0 Å². The Morgan fingerprint density at radius 1 is 1.20 bits per heavy atom. The highest BCUT2D eigenvalue weighted by atomic mass is 32.2. The summed E-state index contributed by atoms with van der Waals surface area (Å²) >= 11 is 8.48. The second kappa shape index (κ2) is 8.12. The summed E-state index contributed by atoms with van der Waals surface area (Å²) in [6, 6.07) is 8.58. The van der Waals surface area contributed by atoms with Gasteiger partial charge in [0.25, 0.3) is 0 Å². The highest BCUT2D eigenvalue weighted by Gasteiger charge is 2.16. The lowest BCUT2D eigenvalue weighted by Gasteiger charge is -2.34. The maximum Gasteiger partial charge on any atom is 0.224 e. The fraction of sp³-hybridized carbons (Fsp3) is 0.500. The van der Waals surface area contributed by atoms with Gasteiger partial charge in [-0.3, -0.25) is 0 Å². The van der Waals surface area contributed by atoms with Crippen LogP contribution in [0.3, 0.4) is 0 Å². The van der Waals surface area contributed by atoms with Crippen molar-refractivity contribution in [1.29, 1.82) is 0 Å². The minimum atomic E-state index is 0.592. The van der Waals surface area contributed by atoms with Crippen molar-refractivity contribution in [2.45, 2.75) is 11.8 Å². The van der Waals surface area contributed by atoms with Gasteiger partial charge in [0.2, 0.25) is 4.38 Å². The molecule has 0 aromatic heterocycles. The maximum absolute atomic E-state index is 5.29. The van der Waals surface area contributed by atoms with Crippen LogP contribution in [0.4, 0.5) is 5.69 Å². The zero-order chi connectivity index (χ0) is 14.4. The lowest BCUT2D eigenvalue weighted by atomic mass is 10.2. The lowest BCUT2D eigenvalue weighted by molar-refractivity contribution is 0.346. The lowest BCUT2D eigenvalue weighted by Crippen LogP contribution is -2.43. The Morgan fingerprint density at radius 3 is 2.40 bits per heavy atom. The van der Waals surface area contributed by atoms with E-state index in [-0.39, 0.29) is 0 Å². The maximum atomic E-state index is 5.29. The van der Waals surface area contributed by atoms with E-state index in [1.54, 1.807) is 0 Å². The van der Waals surface area contributed by atoms with Crippen LogP contribution in [0.25, 0.3) is 0 Å². The van der Waals surface area contributed by atoms with Crippen LogP contribution in [0.2, 0.25) is 0 Å². The average molecular weight is 329 g/mol. The van der Waals surface area contributed by atoms with E-state index in [1.807, 2.05) is 18.9 Å². The SMILES string of the molecule is CCOC(=S)Sc1ccc(N2CCN(SC)CC2)cc1. The highest BCUT2D eigenvalue weighted by molar-refractivity contribution is 8.22. The van der Waals surface area contributed by atoms with Crippen LogP contribution in [0, 0.1) is 0 Å². The van der Waals surface area contributed by atoms with Gasteiger partial charge >= 0.3 is 0 Å². The number of thioether (sulfide) groups is 1. The van der Waals surface area contributed by atoms with Crippen LogP contribution in [0.1, 0.15) is 6.92 Å². The van der Waals surface area contributed by atoms with Crippen LogP contribution in [0.15, 0.2) is 29.2 Å². The summed E-state index contributed by atoms with van der Waals surface area (Å²) in [5.41, 5.74) is 1.29. The van der Waals surface area contributed by atoms with E-state index < -0.39 is 0 Å². The number of anilines is 1. The molecule has 0 radical (unpaired) electrons. The Hall–Kier alpha value is -0.430. The van der Waals surface area contributed by atoms with Crippen molar-refractivity contribution in [3.63, 3.8) is 0 Å². The van der Waals surface area contributed by atoms with Crippen LogP contribution in [-0.2, 0) is 4.74 Å². The summed E-state index contributed by atoms with van der Waals surface area (Å²) < 4.78 is 8.29. The second-order valence-corrected chi connectivity index (χ2v) is 6.93. The van der Waals surface area contributed by atoms with Gasteiger partial charge in [0.05, 0.1) is 6.61 Å². The van der Waals surface area contributed by atoms with E-state index >= 15 is 0 Å². The minimum Gasteiger partial charge on any atom is -0.479 e. The zero-order valence-corrected chi connectivity index (χ0v) is 14.3. The molecule has 2 rings (SSSR count). The Labute approximate surface area is 135 Å². The van der Waals surface area contributed by atoms with Crippen LogP contribution in [-0.4, -0.2) is 47.7 Å². The van der Waals surface area contributed by atoms with Crippen molar-refractivity contribution in [3.8, 4) is 0 Å². The Bertz CT molecular complexity index is 431. The predicted molar refractivity (Wildman–Crippen MR) is 93.8 cm³/mol. The number of thiocarbonyl (C=S) groups is 1. The van der Waals surface area contributed by atoms with E-state index in [0.717, 1.165) is 31.1 Å². The number of ether oxygens (including phenoxy) is 1. The van der Waals surface area contributed by atoms with Gasteiger partial charge in [-0.1, -0.05) is 11.9 Å². The molecule has 0 spiro atoms. The Balaban J connectivity index is 1.90. The molecule has 1 aliphatic heterocycles. The average Bonchev–Trinajstić information content (AvgIpc) is 2.48. The molecule has 0 saturated carbocycles. The highest BCUT2D eigenvalue weighted by Crippen LogP contribution is 2.25. The third-order valence-corrected chi connectivity index (χ3v) is 5.20. The number of piperazine rings is 1. The van der Waals surface area contributed by atoms with E-state index in [9.17, 15) is 0 Å². The van der Waals surface area contributed by atoms with Crippen molar-refractivity contribution in [3.05, 3.63) is 24.3 Å². The number of benzene rings is 1. The topological polar surface area (TPSA) is 15.7 Å². The molecule has 110 valence electrons. The molecular weight excluding hydrogens is 308 g/mol. The predicted octanol–water partition coefficient (Wildman–Crippen LogP) is 3.50. The zero-order valence-electron chi connectivity index (χ0n) is 11.9. The summed E-state index contributed by atoms with van der Waals surface area (Å²) in [7, 11) is 0. The van der Waals surface area contributed by atoms with Gasteiger partial charge in [-0.2, -0.15) is 0 Å². The molecule has 0 aliphatic carbocycles. The van der Waals surface area contributed by atoms with Gasteiger partial charge in [-0.05, 0) is 61.4 Å². The molecule has 0 atom stereocenters. The number of hydrogen-bond donors (Lipinski definition) is 0. The Kier molecular flexibility index (Phi) is 6.48. The molecule has 1 aliphatic rings. The minimum absolute atomic E-state index is 0.592. The molecule has 20 heavy (non-hydrogen) atoms. The van der Waals surface area contributed by atoms with Gasteiger partial charge in [0, 0.05) is 36.8 Å². The summed E-state index contributed by atoms with van der Waals surface area (Å²) in [6.45, 7) is 6.99. The summed E-state index contributed by atoms with van der Waals surface area (Å²) in [4.78, 5) is 3.57. The molecule has 1 heterocycles. The van der Waals surface area contributed by atoms with Crippen molar-refractivity contribution < 1.29 is 4.74 Å². The number of nitrogens with zero attached hydrogens (tertiary/aromatic N) is 2. The molecule has 0 N–H and O–H groups in total. The first-order chi connectivity index (χ1) is 9.72. The molecule has 0 amide bonds. The summed E-state index contributed by atoms with van der Waals surface area (Å²) in [5.74, 6) is 0. The van der Waals surface area contributed by atoms with Gasteiger partial charge in [-0.25, -0.2) is 4.31 Å². The Morgan fingerprint density at radius 2 is 1.85 bits per heavy atom. The normalized spacial score (nSPS) is 16.2. The third kappa shape index (κ3) is 4.55. The van der Waals surface area contributed by atoms with Crippen molar-refractivity contribution in [2.24, 2.45) is 0 Å². The first kappa shape index (κ1) is 15.9. The van der Waals surface area contributed by atoms with Crippen LogP contribution < -0.4 is 4.90 Å². The summed E-state index contributed by atoms with van der Waals surface area (Å²) in [5, 5.41) is 0. The van der Waals surface area contributed by atoms with Crippen LogP contribution in [0.5, 0.6) is 0 Å². The third-order valence-electron chi connectivity index (χ3n) is 3.16. The number of hydrogen-bond acceptors (Lipinski definition) is 6. The van der Waals surface area contributed by atoms with Crippen LogP contribution >= 0.6 is 35.9 Å². The second-order valence-electron chi connectivity index (χ2n) is 4.38. The van der Waals surface area contributed by atoms with Gasteiger partial charge < -0.3 is 9.64 Å². The quantitative estimate of drug-likeness (QED) is 0.474. The van der Waals surface area contributed by atoms with E-state index in [4.69, 9.17) is 17.0 Å². The van der Waals surface area contributed by atoms with Crippen molar-refractivity contribution >= 4 is 46.0 Å². The standard InChI is InChI=1S/C14H20N2OS3/c1-3-17-14(18)20-13-6-4-12(5-7-13)15-8-10-16(19-2)11-9-15/h4-7H,3,8-11H2,1-2H3. The first-order valence-electron chi connectivity index (χ1n) is 6.71. The fourth-order valence-corrected chi connectivity index (χ4v) is 3.67. The van der Waals surface area contributed by atoms with E-state index in [2.05, 4.69) is 39.7 Å². The molecule has 6 heteroatoms. The molecule has 1 fully saturated rings. The van der Waals surface area contributed by atoms with E-state index in [0.29, 0.717) is 11.0 Å². The van der Waals surface area contributed by atoms with Gasteiger partial charge in [-0.15, -0.1) is 0 Å². The molecule has 1 saturated heterocycles. The number of rotatable bonds is 4. The molecule has 0 bridgehead atoms. The monoisotopic (exact) mass is 328 g/mol. The molecule has 1 aromatic carbocycles. The largest absolute Gasteiger partial charge is 0.479 e. The van der Waals surface area contributed by atoms with E-state index in [1.165, 1.54) is 17.4 Å². The molecule has 1 aromatic rings. The fourth-order valence-electron chi connectivity index (χ4n) is 2.10. The van der Waals surface area contributed by atoms with Crippen molar-refractivity contribution in [2.75, 3.05) is 43.9 Å². The van der Waals surface area contributed by atoms with Crippen molar-refractivity contribution in [1.82, 2.24) is 4.31 Å². The summed E-state index contributed by atoms with van der Waals surface area (Å²) in [6.07, 6.45) is 2.14. The molecule has 3 nitrogen and oxygen atoms in total.